The predicted molar refractivity (Wildman–Crippen MR) is 101 cm³/mol. The molecule has 2 fully saturated rings. The van der Waals surface area contributed by atoms with Crippen LogP contribution in [0, 0.1) is 5.82 Å². The molecule has 168 valence electrons. The van der Waals surface area contributed by atoms with Crippen LogP contribution in [0.3, 0.4) is 0 Å². The van der Waals surface area contributed by atoms with E-state index in [-0.39, 0.29) is 22.6 Å². The monoisotopic (exact) mass is 462 g/mol. The highest BCUT2D eigenvalue weighted by molar-refractivity contribution is 8.01. The first-order valence-corrected chi connectivity index (χ1v) is 9.96. The molecule has 0 aliphatic carbocycles. The molecule has 1 unspecified atom stereocenters. The number of carboxylic acid groups (broad SMARTS) is 1. The van der Waals surface area contributed by atoms with Gasteiger partial charge in [-0.3, -0.25) is 4.79 Å². The van der Waals surface area contributed by atoms with Crippen LogP contribution in [0.4, 0.5) is 17.6 Å². The molecule has 13 heteroatoms. The van der Waals surface area contributed by atoms with Gasteiger partial charge in [-0.15, -0.1) is 11.8 Å². The van der Waals surface area contributed by atoms with Crippen molar-refractivity contribution in [3.05, 3.63) is 42.4 Å². The van der Waals surface area contributed by atoms with Crippen LogP contribution in [0.2, 0.25) is 0 Å². The Hall–Kier alpha value is -2.83. The summed E-state index contributed by atoms with van der Waals surface area (Å²) in [6, 6.07) is 2.89. The number of aryl methyl sites for hydroxylation is 1. The molecule has 0 saturated carbocycles. The molecule has 2 aliphatic heterocycles. The van der Waals surface area contributed by atoms with Gasteiger partial charge < -0.3 is 19.3 Å². The largest absolute Gasteiger partial charge is 0.490 e. The third kappa shape index (κ3) is 5.46. The average molecular weight is 462 g/mol. The molecule has 0 aromatic carbocycles. The van der Waals surface area contributed by atoms with E-state index in [9.17, 15) is 22.4 Å². The van der Waals surface area contributed by atoms with E-state index in [2.05, 4.69) is 9.97 Å². The third-order valence-corrected chi connectivity index (χ3v) is 6.17. The number of carbonyl (C=O) groups is 2. The van der Waals surface area contributed by atoms with E-state index in [0.717, 1.165) is 12.2 Å². The Morgan fingerprint density at radius 2 is 2.00 bits per heavy atom. The SMILES string of the molecule is Cn1cnc(C(=O)N2CC3(CC(Oc4ncccc4F)CS3)C2)c1.O=C(O)C(F)(F)F. The van der Waals surface area contributed by atoms with Gasteiger partial charge in [0.15, 0.2) is 5.82 Å². The van der Waals surface area contributed by atoms with E-state index >= 15 is 0 Å². The topological polar surface area (TPSA) is 97.5 Å². The van der Waals surface area contributed by atoms with Crippen molar-refractivity contribution in [2.75, 3.05) is 18.8 Å². The number of carboxylic acids is 1. The highest BCUT2D eigenvalue weighted by atomic mass is 32.2. The Bertz CT molecular complexity index is 962. The number of hydrogen-bond donors (Lipinski definition) is 1. The number of rotatable bonds is 3. The standard InChI is InChI=1S/C16H17FN4O2S.C2HF3O2/c1-20-6-13(19-10-20)15(22)21-8-16(9-21)5-11(7-24-16)23-14-12(17)3-2-4-18-14;3-2(4,5)1(6)7/h2-4,6,10-11H,5,7-9H2,1H3;(H,6,7). The fourth-order valence-electron chi connectivity index (χ4n) is 3.19. The van der Waals surface area contributed by atoms with Crippen LogP contribution >= 0.6 is 11.8 Å². The van der Waals surface area contributed by atoms with Crippen molar-refractivity contribution in [1.82, 2.24) is 19.4 Å². The van der Waals surface area contributed by atoms with Crippen LogP contribution < -0.4 is 4.74 Å². The number of amides is 1. The summed E-state index contributed by atoms with van der Waals surface area (Å²) in [7, 11) is 1.84. The molecular weight excluding hydrogens is 444 g/mol. The van der Waals surface area contributed by atoms with Crippen molar-refractivity contribution in [1.29, 1.82) is 0 Å². The third-order valence-electron chi connectivity index (χ3n) is 4.59. The Balaban J connectivity index is 0.000000339. The quantitative estimate of drug-likeness (QED) is 0.700. The van der Waals surface area contributed by atoms with Crippen LogP contribution in [-0.4, -0.2) is 72.3 Å². The highest BCUT2D eigenvalue weighted by Gasteiger charge is 2.51. The number of nitrogens with zero attached hydrogens (tertiary/aromatic N) is 4. The Morgan fingerprint density at radius 1 is 1.32 bits per heavy atom. The van der Waals surface area contributed by atoms with E-state index in [1.807, 2.05) is 7.05 Å². The van der Waals surface area contributed by atoms with Crippen molar-refractivity contribution < 1.29 is 37.0 Å². The number of pyridine rings is 1. The number of halogens is 4. The zero-order chi connectivity index (χ0) is 22.8. The summed E-state index contributed by atoms with van der Waals surface area (Å²) in [6.45, 7) is 1.36. The second kappa shape index (κ2) is 8.73. The van der Waals surface area contributed by atoms with Crippen LogP contribution in [0.1, 0.15) is 16.9 Å². The second-order valence-corrected chi connectivity index (χ2v) is 8.60. The fourth-order valence-corrected chi connectivity index (χ4v) is 4.72. The molecule has 8 nitrogen and oxygen atoms in total. The number of ether oxygens (including phenoxy) is 1. The van der Waals surface area contributed by atoms with Gasteiger partial charge in [-0.1, -0.05) is 0 Å². The predicted octanol–water partition coefficient (Wildman–Crippen LogP) is 2.37. The number of thioether (sulfide) groups is 1. The smallest absolute Gasteiger partial charge is 0.475 e. The average Bonchev–Trinajstić information content (AvgIpc) is 3.28. The lowest BCUT2D eigenvalue weighted by atomic mass is 9.92. The normalized spacial score (nSPS) is 19.4. The van der Waals surface area contributed by atoms with Crippen LogP contribution in [0.25, 0.3) is 0 Å². The lowest BCUT2D eigenvalue weighted by Gasteiger charge is -2.47. The highest BCUT2D eigenvalue weighted by Crippen LogP contribution is 2.46. The number of aliphatic carboxylic acids is 1. The zero-order valence-corrected chi connectivity index (χ0v) is 17.0. The van der Waals surface area contributed by atoms with Gasteiger partial charge in [-0.25, -0.2) is 19.2 Å². The molecule has 4 heterocycles. The van der Waals surface area contributed by atoms with E-state index in [0.29, 0.717) is 18.8 Å². The van der Waals surface area contributed by atoms with Gasteiger partial charge in [0.25, 0.3) is 11.8 Å². The van der Waals surface area contributed by atoms with Gasteiger partial charge in [-0.05, 0) is 12.1 Å². The van der Waals surface area contributed by atoms with Gasteiger partial charge >= 0.3 is 12.1 Å². The lowest BCUT2D eigenvalue weighted by Crippen LogP contribution is -2.60. The Kier molecular flexibility index (Phi) is 6.43. The molecule has 4 rings (SSSR count). The summed E-state index contributed by atoms with van der Waals surface area (Å²) in [6.07, 6.45) is 0.502. The van der Waals surface area contributed by atoms with Gasteiger partial charge in [0, 0.05) is 44.7 Å². The minimum absolute atomic E-state index is 0.0142. The maximum absolute atomic E-state index is 13.6. The summed E-state index contributed by atoms with van der Waals surface area (Å²) in [5.41, 5.74) is 0.471. The minimum Gasteiger partial charge on any atom is -0.475 e. The van der Waals surface area contributed by atoms with Gasteiger partial charge in [0.05, 0.1) is 11.1 Å². The minimum atomic E-state index is -5.08. The molecule has 1 atom stereocenters. The van der Waals surface area contributed by atoms with Gasteiger partial charge in [0.1, 0.15) is 11.8 Å². The van der Waals surface area contributed by atoms with Crippen molar-refractivity contribution >= 4 is 23.6 Å². The van der Waals surface area contributed by atoms with Crippen molar-refractivity contribution in [3.63, 3.8) is 0 Å². The molecular formula is C18H18F4N4O4S. The molecule has 1 N–H and O–H groups in total. The number of hydrogen-bond acceptors (Lipinski definition) is 6. The number of alkyl halides is 3. The lowest BCUT2D eigenvalue weighted by molar-refractivity contribution is -0.192. The molecule has 2 aromatic heterocycles. The Labute approximate surface area is 178 Å². The molecule has 0 bridgehead atoms. The number of likely N-dealkylation sites (tertiary alicyclic amines) is 1. The first-order valence-electron chi connectivity index (χ1n) is 8.97. The fraction of sp³-hybridized carbons (Fsp3) is 0.444. The molecule has 2 saturated heterocycles. The summed E-state index contributed by atoms with van der Waals surface area (Å²) >= 11 is 1.79. The zero-order valence-electron chi connectivity index (χ0n) is 16.2. The second-order valence-electron chi connectivity index (χ2n) is 7.12. The van der Waals surface area contributed by atoms with Gasteiger partial charge in [0.2, 0.25) is 0 Å². The molecule has 2 aliphatic rings. The van der Waals surface area contributed by atoms with Crippen molar-refractivity contribution in [2.45, 2.75) is 23.4 Å². The summed E-state index contributed by atoms with van der Waals surface area (Å²) < 4.78 is 52.8. The number of carbonyl (C=O) groups excluding carboxylic acids is 1. The van der Waals surface area contributed by atoms with Crippen molar-refractivity contribution in [2.24, 2.45) is 7.05 Å². The van der Waals surface area contributed by atoms with E-state index in [1.165, 1.54) is 12.3 Å². The maximum Gasteiger partial charge on any atom is 0.490 e. The molecule has 1 amide bonds. The first kappa shape index (κ1) is 22.8. The summed E-state index contributed by atoms with van der Waals surface area (Å²) in [5, 5.41) is 7.12. The first-order chi connectivity index (χ1) is 14.5. The summed E-state index contributed by atoms with van der Waals surface area (Å²) in [4.78, 5) is 31.1. The van der Waals surface area contributed by atoms with Crippen LogP contribution in [0.5, 0.6) is 5.88 Å². The molecule has 0 radical (unpaired) electrons. The summed E-state index contributed by atoms with van der Waals surface area (Å²) in [5.74, 6) is -2.40. The molecule has 1 spiro atoms. The van der Waals surface area contributed by atoms with E-state index in [1.54, 1.807) is 39.8 Å². The van der Waals surface area contributed by atoms with Crippen LogP contribution in [-0.2, 0) is 11.8 Å². The van der Waals surface area contributed by atoms with E-state index in [4.69, 9.17) is 14.6 Å². The van der Waals surface area contributed by atoms with Gasteiger partial charge in [-0.2, -0.15) is 13.2 Å². The van der Waals surface area contributed by atoms with Crippen molar-refractivity contribution in [3.8, 4) is 5.88 Å². The Morgan fingerprint density at radius 3 is 2.55 bits per heavy atom. The van der Waals surface area contributed by atoms with Crippen LogP contribution in [0.15, 0.2) is 30.9 Å². The number of imidazole rings is 1. The molecule has 2 aromatic rings. The maximum atomic E-state index is 13.6. The molecule has 31 heavy (non-hydrogen) atoms. The number of aromatic nitrogens is 3. The van der Waals surface area contributed by atoms with E-state index < -0.39 is 18.0 Å².